The highest BCUT2D eigenvalue weighted by Crippen LogP contribution is 2.24. The van der Waals surface area contributed by atoms with Gasteiger partial charge >= 0.3 is 0 Å². The van der Waals surface area contributed by atoms with Crippen LogP contribution in [0.1, 0.15) is 33.1 Å². The van der Waals surface area contributed by atoms with Crippen LogP contribution in [0.3, 0.4) is 0 Å². The molecule has 1 atom stereocenters. The summed E-state index contributed by atoms with van der Waals surface area (Å²) in [5.74, 6) is -0.954. The first-order valence-electron chi connectivity index (χ1n) is 5.60. The molecule has 1 rings (SSSR count). The lowest BCUT2D eigenvalue weighted by Crippen LogP contribution is -2.60. The molecule has 0 saturated heterocycles. The number of hydrazone groups is 1. The summed E-state index contributed by atoms with van der Waals surface area (Å²) in [5, 5.41) is 22.1. The summed E-state index contributed by atoms with van der Waals surface area (Å²) in [6.45, 7) is 3.42. The topological polar surface area (TPSA) is 121 Å². The van der Waals surface area contributed by atoms with E-state index in [1.54, 1.807) is 26.0 Å². The minimum absolute atomic E-state index is 0.283. The summed E-state index contributed by atoms with van der Waals surface area (Å²) in [7, 11) is 0. The Hall–Kier alpha value is -2.45. The summed E-state index contributed by atoms with van der Waals surface area (Å²) >= 11 is 0. The van der Waals surface area contributed by atoms with Crippen molar-refractivity contribution in [3.05, 3.63) is 0 Å². The summed E-state index contributed by atoms with van der Waals surface area (Å²) in [6, 6.07) is 3.48. The van der Waals surface area contributed by atoms with Crippen LogP contribution in [0.2, 0.25) is 0 Å². The molecule has 1 heterocycles. The number of nitrogens with zero attached hydrogens (tertiary/aromatic N) is 4. The summed E-state index contributed by atoms with van der Waals surface area (Å²) in [5.41, 5.74) is 4.82. The second-order valence-corrected chi connectivity index (χ2v) is 4.33. The van der Waals surface area contributed by atoms with Gasteiger partial charge in [0.25, 0.3) is 5.91 Å². The van der Waals surface area contributed by atoms with Crippen molar-refractivity contribution in [2.24, 2.45) is 5.10 Å². The molecule has 0 spiro atoms. The van der Waals surface area contributed by atoms with Crippen LogP contribution in [0.15, 0.2) is 5.10 Å². The minimum atomic E-state index is -0.927. The van der Waals surface area contributed by atoms with Gasteiger partial charge in [0, 0.05) is 12.1 Å². The highest BCUT2D eigenvalue weighted by Gasteiger charge is 2.40. The van der Waals surface area contributed by atoms with E-state index in [-0.39, 0.29) is 12.8 Å². The average molecular weight is 262 g/mol. The molecule has 8 nitrogen and oxygen atoms in total. The van der Waals surface area contributed by atoms with E-state index >= 15 is 0 Å². The molecular weight excluding hydrogens is 248 g/mol. The zero-order chi connectivity index (χ0) is 14.5. The molecule has 0 aromatic rings. The maximum Gasteiger partial charge on any atom is 0.258 e. The fourth-order valence-electron chi connectivity index (χ4n) is 1.78. The number of hydrazine groups is 1. The van der Waals surface area contributed by atoms with Crippen LogP contribution in [0, 0.1) is 22.7 Å². The largest absolute Gasteiger partial charge is 0.288 e. The summed E-state index contributed by atoms with van der Waals surface area (Å²) in [6.07, 6.45) is -0.160. The van der Waals surface area contributed by atoms with Gasteiger partial charge in [-0.2, -0.15) is 15.6 Å². The molecule has 0 unspecified atom stereocenters. The van der Waals surface area contributed by atoms with Crippen LogP contribution in [-0.4, -0.2) is 28.2 Å². The Balaban J connectivity index is 2.74. The van der Waals surface area contributed by atoms with Gasteiger partial charge in [-0.1, -0.05) is 0 Å². The van der Waals surface area contributed by atoms with Crippen LogP contribution in [0.25, 0.3) is 0 Å². The minimum Gasteiger partial charge on any atom is -0.288 e. The molecule has 0 aromatic heterocycles. The number of carbonyl (C=O) groups is 2. The Morgan fingerprint density at radius 1 is 1.42 bits per heavy atom. The van der Waals surface area contributed by atoms with Crippen molar-refractivity contribution in [2.75, 3.05) is 0 Å². The van der Waals surface area contributed by atoms with E-state index in [9.17, 15) is 9.59 Å². The first-order chi connectivity index (χ1) is 8.92. The fourth-order valence-corrected chi connectivity index (χ4v) is 1.78. The van der Waals surface area contributed by atoms with E-state index in [4.69, 9.17) is 10.5 Å². The average Bonchev–Trinajstić information content (AvgIpc) is 2.64. The van der Waals surface area contributed by atoms with E-state index in [1.807, 2.05) is 0 Å². The third-order valence-corrected chi connectivity index (χ3v) is 2.52. The molecule has 0 saturated carbocycles. The van der Waals surface area contributed by atoms with Crippen LogP contribution in [0.4, 0.5) is 0 Å². The van der Waals surface area contributed by atoms with Gasteiger partial charge in [-0.15, -0.1) is 0 Å². The number of hydrogen-bond donors (Lipinski definition) is 2. The van der Waals surface area contributed by atoms with Crippen LogP contribution in [0.5, 0.6) is 0 Å². The van der Waals surface area contributed by atoms with Crippen molar-refractivity contribution in [1.82, 2.24) is 15.9 Å². The van der Waals surface area contributed by atoms with Gasteiger partial charge in [-0.25, -0.2) is 10.4 Å². The molecule has 8 heteroatoms. The van der Waals surface area contributed by atoms with E-state index in [1.165, 1.54) is 0 Å². The molecular formula is C11H14N6O2. The number of amides is 2. The Morgan fingerprint density at radius 3 is 2.63 bits per heavy atom. The number of hydrogen-bond acceptors (Lipinski definition) is 6. The molecule has 19 heavy (non-hydrogen) atoms. The van der Waals surface area contributed by atoms with Crippen molar-refractivity contribution in [1.29, 1.82) is 10.5 Å². The third-order valence-electron chi connectivity index (χ3n) is 2.52. The van der Waals surface area contributed by atoms with Crippen molar-refractivity contribution in [3.63, 3.8) is 0 Å². The van der Waals surface area contributed by atoms with Gasteiger partial charge in [0.15, 0.2) is 0 Å². The third kappa shape index (κ3) is 3.50. The maximum absolute atomic E-state index is 11.8. The molecule has 1 aliphatic rings. The quantitative estimate of drug-likeness (QED) is 0.677. The van der Waals surface area contributed by atoms with Gasteiger partial charge in [-0.05, 0) is 13.8 Å². The summed E-state index contributed by atoms with van der Waals surface area (Å²) in [4.78, 5) is 23.0. The lowest BCUT2D eigenvalue weighted by molar-refractivity contribution is -0.138. The van der Waals surface area contributed by atoms with E-state index < -0.39 is 17.5 Å². The number of carbonyl (C=O) groups excluding carboxylic acids is 2. The fraction of sp³-hybridized carbons (Fsp3) is 0.545. The van der Waals surface area contributed by atoms with Gasteiger partial charge in [0.1, 0.15) is 18.5 Å². The van der Waals surface area contributed by atoms with Crippen molar-refractivity contribution in [2.45, 2.75) is 38.8 Å². The number of nitrogens with one attached hydrogen (secondary N) is 2. The molecule has 0 bridgehead atoms. The van der Waals surface area contributed by atoms with Crippen LogP contribution in [-0.2, 0) is 9.59 Å². The standard InChI is InChI=1S/C11H14N6O2/c1-8-7-11(2,16-14-9(18)3-5-12)17(15-8)10(19)4-6-13/h16H,3-4,7H2,1-2H3,(H,14,18)/t11-/m1/s1. The Morgan fingerprint density at radius 2 is 2.05 bits per heavy atom. The predicted molar refractivity (Wildman–Crippen MR) is 64.7 cm³/mol. The number of nitriles is 2. The smallest absolute Gasteiger partial charge is 0.258 e. The van der Waals surface area contributed by atoms with E-state index in [2.05, 4.69) is 16.0 Å². The Bertz CT molecular complexity index is 500. The molecule has 2 amide bonds. The summed E-state index contributed by atoms with van der Waals surface area (Å²) < 4.78 is 0. The highest BCUT2D eigenvalue weighted by molar-refractivity contribution is 5.89. The van der Waals surface area contributed by atoms with Crippen molar-refractivity contribution >= 4 is 17.5 Å². The lowest BCUT2D eigenvalue weighted by atomic mass is 10.1. The second-order valence-electron chi connectivity index (χ2n) is 4.33. The molecule has 0 aromatic carbocycles. The van der Waals surface area contributed by atoms with Gasteiger partial charge in [0.2, 0.25) is 5.91 Å². The highest BCUT2D eigenvalue weighted by atomic mass is 16.2. The second kappa shape index (κ2) is 5.94. The lowest BCUT2D eigenvalue weighted by Gasteiger charge is -2.33. The molecule has 100 valence electrons. The first kappa shape index (κ1) is 14.6. The maximum atomic E-state index is 11.8. The first-order valence-corrected chi connectivity index (χ1v) is 5.60. The van der Waals surface area contributed by atoms with E-state index in [0.717, 1.165) is 5.01 Å². The van der Waals surface area contributed by atoms with Gasteiger partial charge in [0.05, 0.1) is 12.1 Å². The van der Waals surface area contributed by atoms with Crippen molar-refractivity contribution in [3.8, 4) is 12.1 Å². The zero-order valence-electron chi connectivity index (χ0n) is 10.7. The normalized spacial score (nSPS) is 21.3. The zero-order valence-corrected chi connectivity index (χ0v) is 10.7. The molecule has 1 aliphatic heterocycles. The molecule has 0 radical (unpaired) electrons. The SMILES string of the molecule is CC1=NN(C(=O)CC#N)[C@@](C)(NNC(=O)CC#N)C1. The van der Waals surface area contributed by atoms with Crippen LogP contribution >= 0.6 is 0 Å². The number of rotatable bonds is 4. The Kier molecular flexibility index (Phi) is 4.56. The Labute approximate surface area is 110 Å². The van der Waals surface area contributed by atoms with Crippen molar-refractivity contribution < 1.29 is 9.59 Å². The molecule has 2 N–H and O–H groups in total. The van der Waals surface area contributed by atoms with Gasteiger partial charge < -0.3 is 0 Å². The van der Waals surface area contributed by atoms with E-state index in [0.29, 0.717) is 12.1 Å². The molecule has 0 fully saturated rings. The van der Waals surface area contributed by atoms with Gasteiger partial charge in [-0.3, -0.25) is 15.0 Å². The predicted octanol–water partition coefficient (Wildman–Crippen LogP) is -0.241. The monoisotopic (exact) mass is 262 g/mol. The van der Waals surface area contributed by atoms with Crippen LogP contribution < -0.4 is 10.9 Å². The molecule has 0 aliphatic carbocycles.